The first kappa shape index (κ1) is 37.9. The third kappa shape index (κ3) is 14.9. The van der Waals surface area contributed by atoms with Gasteiger partial charge in [-0.05, 0) is 0 Å². The van der Waals surface area contributed by atoms with Gasteiger partial charge in [0.05, 0.1) is 0 Å². The van der Waals surface area contributed by atoms with E-state index >= 15 is 0 Å². The Bertz CT molecular complexity index is 1150. The molecule has 1 rings (SSSR count). The maximum absolute atomic E-state index is 11.2. The van der Waals surface area contributed by atoms with E-state index in [9.17, 15) is 50.5 Å². The molecule has 1 aliphatic rings. The van der Waals surface area contributed by atoms with Crippen molar-refractivity contribution in [3.63, 3.8) is 0 Å². The summed E-state index contributed by atoms with van der Waals surface area (Å²) in [5.41, 5.74) is 0. The van der Waals surface area contributed by atoms with Gasteiger partial charge < -0.3 is 0 Å². The molecule has 1 fully saturated rings. The molecule has 0 aliphatic heterocycles. The van der Waals surface area contributed by atoms with Crippen LogP contribution in [0.2, 0.25) is 0 Å². The third-order valence-corrected chi connectivity index (χ3v) is 6.13. The summed E-state index contributed by atoms with van der Waals surface area (Å²) in [6.07, 6.45) is -20.4. The maximum atomic E-state index is 11.2. The molecule has 0 amide bonds. The van der Waals surface area contributed by atoms with Crippen molar-refractivity contribution in [2.45, 2.75) is 36.6 Å². The van der Waals surface area contributed by atoms with Gasteiger partial charge in [0.25, 0.3) is 0 Å². The zero-order valence-electron chi connectivity index (χ0n) is 16.9. The second-order valence-corrected chi connectivity index (χ2v) is 12.2. The van der Waals surface area contributed by atoms with E-state index in [1.165, 1.54) is 0 Å². The van der Waals surface area contributed by atoms with Crippen molar-refractivity contribution in [1.82, 2.24) is 0 Å². The van der Waals surface area contributed by atoms with Crippen LogP contribution in [0.25, 0.3) is 0 Å². The molecule has 6 N–H and O–H groups in total. The molecule has 1 saturated carbocycles. The van der Waals surface area contributed by atoms with Crippen LogP contribution in [0.3, 0.4) is 0 Å². The van der Waals surface area contributed by atoms with Crippen molar-refractivity contribution < 1.29 is 103 Å². The minimum absolute atomic E-state index is 0. The summed E-state index contributed by atoms with van der Waals surface area (Å²) in [5, 5.41) is 0. The van der Waals surface area contributed by atoms with E-state index in [1.54, 1.807) is 0 Å². The minimum atomic E-state index is -6.04. The van der Waals surface area contributed by atoms with Crippen LogP contribution in [0.4, 0.5) is 0 Å². The molecule has 0 saturated heterocycles. The minimum Gasteiger partial charge on any atom is -0.264 e. The summed E-state index contributed by atoms with van der Waals surface area (Å²) in [6, 6.07) is 0. The summed E-state index contributed by atoms with van der Waals surface area (Å²) in [6.45, 7) is 0. The van der Waals surface area contributed by atoms with Crippen LogP contribution in [0, 0.1) is 0 Å². The molecule has 37 heavy (non-hydrogen) atoms. The van der Waals surface area contributed by atoms with Gasteiger partial charge in [-0.3, -0.25) is 27.3 Å². The fourth-order valence-electron chi connectivity index (χ4n) is 2.62. The van der Waals surface area contributed by atoms with Gasteiger partial charge in [-0.1, -0.05) is 0 Å². The van der Waals surface area contributed by atoms with E-state index < -0.39 is 99.0 Å². The van der Waals surface area contributed by atoms with Gasteiger partial charge in [0, 0.05) is 51.4 Å². The van der Waals surface area contributed by atoms with E-state index in [-0.39, 0.29) is 51.4 Å². The van der Waals surface area contributed by atoms with Crippen LogP contribution in [-0.2, 0) is 87.5 Å². The molecule has 217 valence electrons. The van der Waals surface area contributed by atoms with Crippen LogP contribution < -0.4 is 0 Å². The molecule has 0 unspecified atom stereocenters. The standard InChI is InChI=1S/C6H12O24S6.K/c7-31(8,9)25-1-2(26-32(10,11)12)4(28-34(16,17)18)6(30-36(22,23)24)5(29-35(19,20)21)3(1)27-33(13,14)15;/h1-6H,(H,7,8,9)(H,10,11,12)(H,13,14,15)(H,16,17,18)(H,19,20,21)(H,22,23,24);. The van der Waals surface area contributed by atoms with E-state index in [2.05, 4.69) is 25.1 Å². The Morgan fingerprint density at radius 1 is 0.297 bits per heavy atom. The van der Waals surface area contributed by atoms with Crippen LogP contribution in [0.1, 0.15) is 0 Å². The maximum Gasteiger partial charge on any atom is 0.397 e. The molecular weight excluding hydrogens is 688 g/mol. The Morgan fingerprint density at radius 3 is 0.432 bits per heavy atom. The second-order valence-electron chi connectivity index (χ2n) is 5.93. The summed E-state index contributed by atoms with van der Waals surface area (Å²) < 4.78 is 211. The van der Waals surface area contributed by atoms with Crippen LogP contribution in [0.5, 0.6) is 0 Å². The van der Waals surface area contributed by atoms with Gasteiger partial charge >= 0.3 is 62.4 Å². The van der Waals surface area contributed by atoms with Crippen molar-refractivity contribution >= 4 is 114 Å². The molecule has 0 aromatic heterocycles. The van der Waals surface area contributed by atoms with Gasteiger partial charge in [-0.25, -0.2) is 25.1 Å². The monoisotopic (exact) mass is 699 g/mol. The van der Waals surface area contributed by atoms with Crippen LogP contribution in [-0.4, -0.2) is 166 Å². The van der Waals surface area contributed by atoms with Gasteiger partial charge in [-0.2, -0.15) is 50.5 Å². The second kappa shape index (κ2) is 12.8. The average Bonchev–Trinajstić information content (AvgIpc) is 2.51. The predicted octanol–water partition coefficient (Wildman–Crippen LogP) is -5.25. The van der Waals surface area contributed by atoms with Gasteiger partial charge in [0.15, 0.2) is 0 Å². The normalized spacial score (nSPS) is 28.4. The SMILES string of the molecule is O=S(=O)(O)OC1C(OS(=O)(=O)O)C(OS(=O)(=O)O)C(OS(=O)(=O)O)C(OS(=O)(=O)O)C1OS(=O)(=O)O.[K]. The van der Waals surface area contributed by atoms with E-state index in [1.807, 2.05) is 0 Å². The van der Waals surface area contributed by atoms with E-state index in [4.69, 9.17) is 27.3 Å². The number of rotatable bonds is 12. The van der Waals surface area contributed by atoms with Crippen molar-refractivity contribution in [1.29, 1.82) is 0 Å². The molecule has 1 radical (unpaired) electrons. The Labute approximate surface area is 250 Å². The Morgan fingerprint density at radius 2 is 0.378 bits per heavy atom. The fraction of sp³-hybridized carbons (Fsp3) is 1.00. The zero-order valence-corrected chi connectivity index (χ0v) is 25.0. The van der Waals surface area contributed by atoms with E-state index in [0.29, 0.717) is 0 Å². The van der Waals surface area contributed by atoms with Crippen LogP contribution in [0.15, 0.2) is 0 Å². The summed E-state index contributed by atoms with van der Waals surface area (Å²) in [7, 11) is -36.3. The molecule has 0 spiro atoms. The largest absolute Gasteiger partial charge is 0.397 e. The molecule has 1 aliphatic carbocycles. The summed E-state index contributed by atoms with van der Waals surface area (Å²) in [4.78, 5) is 0. The van der Waals surface area contributed by atoms with Crippen molar-refractivity contribution in [2.24, 2.45) is 0 Å². The molecule has 0 bridgehead atoms. The molecule has 0 aromatic carbocycles. The Hall–Kier alpha value is 0.856. The Balaban J connectivity index is 0.0000130. The average molecular weight is 700 g/mol. The van der Waals surface area contributed by atoms with E-state index in [0.717, 1.165) is 0 Å². The first-order valence-electron chi connectivity index (χ1n) is 7.51. The zero-order chi connectivity index (χ0) is 28.7. The molecule has 0 atom stereocenters. The third-order valence-electron chi connectivity index (χ3n) is 3.34. The first-order chi connectivity index (χ1) is 15.6. The summed E-state index contributed by atoms with van der Waals surface area (Å²) >= 11 is 0. The molecule has 0 heterocycles. The van der Waals surface area contributed by atoms with Gasteiger partial charge in [-0.15, -0.1) is 0 Å². The van der Waals surface area contributed by atoms with Crippen LogP contribution >= 0.6 is 0 Å². The topological polar surface area (TPSA) is 382 Å². The quantitative estimate of drug-likeness (QED) is 0.0818. The molecule has 0 aromatic rings. The van der Waals surface area contributed by atoms with Crippen molar-refractivity contribution in [3.05, 3.63) is 0 Å². The molecular formula is C6H12KO24S6. The number of hydrogen-bond donors (Lipinski definition) is 6. The fourth-order valence-corrected chi connectivity index (χ4v) is 5.62. The van der Waals surface area contributed by atoms with Crippen molar-refractivity contribution in [2.75, 3.05) is 0 Å². The van der Waals surface area contributed by atoms with Gasteiger partial charge in [0.1, 0.15) is 36.6 Å². The molecule has 31 heteroatoms. The van der Waals surface area contributed by atoms with Gasteiger partial charge in [0.2, 0.25) is 0 Å². The smallest absolute Gasteiger partial charge is 0.264 e. The van der Waals surface area contributed by atoms with Crippen molar-refractivity contribution in [3.8, 4) is 0 Å². The first-order valence-corrected chi connectivity index (χ1v) is 15.7. The number of hydrogen-bond acceptors (Lipinski definition) is 18. The predicted molar refractivity (Wildman–Crippen MR) is 104 cm³/mol. The Kier molecular flexibility index (Phi) is 13.1. The molecule has 24 nitrogen and oxygen atoms in total. The summed E-state index contributed by atoms with van der Waals surface area (Å²) in [5.74, 6) is 0.